The summed E-state index contributed by atoms with van der Waals surface area (Å²) < 4.78 is 0. The van der Waals surface area contributed by atoms with E-state index in [1.54, 1.807) is 32.2 Å². The smallest absolute Gasteiger partial charge is 0.246 e. The molecule has 3 N–H and O–H groups in total. The fourth-order valence-electron chi connectivity index (χ4n) is 3.49. The molecule has 1 heterocycles. The number of nitrogens with one attached hydrogen (secondary N) is 1. The summed E-state index contributed by atoms with van der Waals surface area (Å²) in [7, 11) is 1.56. The Balaban J connectivity index is 2.82. The Morgan fingerprint density at radius 2 is 1.73 bits per heavy atom. The van der Waals surface area contributed by atoms with Crippen molar-refractivity contribution in [1.29, 1.82) is 0 Å². The quantitative estimate of drug-likeness (QED) is 0.432. The molecule has 1 rings (SSSR count). The van der Waals surface area contributed by atoms with Crippen molar-refractivity contribution in [2.75, 3.05) is 13.6 Å². The number of likely N-dealkylation sites (N-methyl/N-ethyl adjacent to an activating group) is 1. The largest absolute Gasteiger partial charge is 0.368 e. The minimum absolute atomic E-state index is 0.168. The first-order valence-electron chi connectivity index (χ1n) is 10.2. The second kappa shape index (κ2) is 11.9. The molecule has 1 aliphatic heterocycles. The molecule has 0 unspecified atom stereocenters. The predicted octanol–water partition coefficient (Wildman–Crippen LogP) is 1.14. The Morgan fingerprint density at radius 3 is 2.30 bits per heavy atom. The first kappa shape index (κ1) is 25.1. The standard InChI is InChI=1S/C22H34N4O4/c1-6-7-8-9-10-13-18(27)25(5)19(15(2)3)21(29)24-16(4)22(30)26-14-11-12-17(26)20(23)28/h6-10,13,15-17,19H,11-12,14H2,1-5H3,(H2,23,28)(H,24,29)/b7-6+,9-8+,13-10+/t16-,17-,19-/m1/s1. The lowest BCUT2D eigenvalue weighted by molar-refractivity contribution is -0.142. The van der Waals surface area contributed by atoms with Gasteiger partial charge in [0.05, 0.1) is 0 Å². The van der Waals surface area contributed by atoms with Crippen LogP contribution in [0, 0.1) is 5.92 Å². The number of hydrogen-bond acceptors (Lipinski definition) is 4. The van der Waals surface area contributed by atoms with Crippen LogP contribution < -0.4 is 11.1 Å². The fourth-order valence-corrected chi connectivity index (χ4v) is 3.49. The molecule has 166 valence electrons. The maximum absolute atomic E-state index is 12.9. The van der Waals surface area contributed by atoms with E-state index in [1.807, 2.05) is 32.9 Å². The monoisotopic (exact) mass is 418 g/mol. The number of allylic oxidation sites excluding steroid dienone is 5. The topological polar surface area (TPSA) is 113 Å². The third kappa shape index (κ3) is 6.86. The van der Waals surface area contributed by atoms with Crippen LogP contribution in [-0.2, 0) is 19.2 Å². The molecule has 0 aromatic carbocycles. The molecule has 0 aliphatic carbocycles. The van der Waals surface area contributed by atoms with E-state index in [4.69, 9.17) is 5.73 Å². The average Bonchev–Trinajstić information content (AvgIpc) is 3.16. The molecule has 1 saturated heterocycles. The highest BCUT2D eigenvalue weighted by Gasteiger charge is 2.36. The van der Waals surface area contributed by atoms with Crippen molar-refractivity contribution in [3.05, 3.63) is 36.5 Å². The van der Waals surface area contributed by atoms with Gasteiger partial charge in [0.15, 0.2) is 0 Å². The lowest BCUT2D eigenvalue weighted by Crippen LogP contribution is -2.56. The molecular formula is C22H34N4O4. The zero-order valence-corrected chi connectivity index (χ0v) is 18.5. The summed E-state index contributed by atoms with van der Waals surface area (Å²) in [4.78, 5) is 52.4. The molecular weight excluding hydrogens is 384 g/mol. The molecule has 1 aliphatic rings. The SMILES string of the molecule is C/C=C/C=C/C=C/C(=O)N(C)[C@@H](C(=O)N[C@H](C)C(=O)N1CCC[C@@H]1C(N)=O)C(C)C. The van der Waals surface area contributed by atoms with Crippen molar-refractivity contribution in [2.45, 2.75) is 58.7 Å². The maximum Gasteiger partial charge on any atom is 0.246 e. The van der Waals surface area contributed by atoms with Crippen LogP contribution >= 0.6 is 0 Å². The number of nitrogens with two attached hydrogens (primary N) is 1. The molecule has 3 atom stereocenters. The van der Waals surface area contributed by atoms with Crippen LogP contribution in [0.1, 0.15) is 40.5 Å². The lowest BCUT2D eigenvalue weighted by Gasteiger charge is -2.31. The maximum atomic E-state index is 12.9. The molecule has 1 fully saturated rings. The second-order valence-electron chi connectivity index (χ2n) is 7.73. The highest BCUT2D eigenvalue weighted by molar-refractivity contribution is 5.96. The molecule has 4 amide bonds. The van der Waals surface area contributed by atoms with Gasteiger partial charge in [-0.15, -0.1) is 0 Å². The van der Waals surface area contributed by atoms with Gasteiger partial charge in [0, 0.05) is 19.7 Å². The van der Waals surface area contributed by atoms with E-state index in [2.05, 4.69) is 5.32 Å². The van der Waals surface area contributed by atoms with Crippen LogP contribution in [0.5, 0.6) is 0 Å². The second-order valence-corrected chi connectivity index (χ2v) is 7.73. The number of primary amides is 1. The summed E-state index contributed by atoms with van der Waals surface area (Å²) in [5.41, 5.74) is 5.38. The van der Waals surface area contributed by atoms with E-state index in [9.17, 15) is 19.2 Å². The Kier molecular flexibility index (Phi) is 10.0. The molecule has 0 saturated carbocycles. The molecule has 8 heteroatoms. The summed E-state index contributed by atoms with van der Waals surface area (Å²) in [6.45, 7) is 7.56. The van der Waals surface area contributed by atoms with Gasteiger partial charge in [-0.3, -0.25) is 19.2 Å². The third-order valence-corrected chi connectivity index (χ3v) is 5.02. The normalized spacial score (nSPS) is 19.0. The fraction of sp³-hybridized carbons (Fsp3) is 0.545. The Morgan fingerprint density at radius 1 is 1.10 bits per heavy atom. The van der Waals surface area contributed by atoms with E-state index in [0.29, 0.717) is 19.4 Å². The molecule has 0 bridgehead atoms. The minimum atomic E-state index is -0.832. The molecule has 0 aromatic rings. The average molecular weight is 419 g/mol. The van der Waals surface area contributed by atoms with Crippen LogP contribution in [0.4, 0.5) is 0 Å². The van der Waals surface area contributed by atoms with E-state index < -0.39 is 29.9 Å². The summed E-state index contributed by atoms with van der Waals surface area (Å²) >= 11 is 0. The van der Waals surface area contributed by atoms with Crippen molar-refractivity contribution >= 4 is 23.6 Å². The van der Waals surface area contributed by atoms with Crippen molar-refractivity contribution in [3.63, 3.8) is 0 Å². The van der Waals surface area contributed by atoms with Gasteiger partial charge in [0.1, 0.15) is 18.1 Å². The number of nitrogens with zero attached hydrogens (tertiary/aromatic N) is 2. The van der Waals surface area contributed by atoms with Gasteiger partial charge in [0.25, 0.3) is 0 Å². The van der Waals surface area contributed by atoms with E-state index in [1.165, 1.54) is 15.9 Å². The zero-order chi connectivity index (χ0) is 22.8. The molecule has 0 spiro atoms. The van der Waals surface area contributed by atoms with Crippen LogP contribution in [0.25, 0.3) is 0 Å². The summed E-state index contributed by atoms with van der Waals surface area (Å²) in [6.07, 6.45) is 11.4. The number of likely N-dealkylation sites (tertiary alicyclic amines) is 1. The van der Waals surface area contributed by atoms with E-state index in [0.717, 1.165) is 0 Å². The van der Waals surface area contributed by atoms with Crippen LogP contribution in [0.3, 0.4) is 0 Å². The van der Waals surface area contributed by atoms with Gasteiger partial charge in [-0.25, -0.2) is 0 Å². The van der Waals surface area contributed by atoms with Gasteiger partial charge in [0.2, 0.25) is 23.6 Å². The summed E-state index contributed by atoms with van der Waals surface area (Å²) in [6, 6.07) is -2.22. The third-order valence-electron chi connectivity index (χ3n) is 5.02. The number of rotatable bonds is 9. The van der Waals surface area contributed by atoms with Gasteiger partial charge < -0.3 is 20.9 Å². The van der Waals surface area contributed by atoms with Crippen molar-refractivity contribution in [3.8, 4) is 0 Å². The van der Waals surface area contributed by atoms with Crippen molar-refractivity contribution in [1.82, 2.24) is 15.1 Å². The van der Waals surface area contributed by atoms with Crippen LogP contribution in [0.2, 0.25) is 0 Å². The van der Waals surface area contributed by atoms with Gasteiger partial charge in [-0.1, -0.05) is 44.2 Å². The lowest BCUT2D eigenvalue weighted by atomic mass is 10.0. The van der Waals surface area contributed by atoms with Gasteiger partial charge in [-0.05, 0) is 32.6 Å². The first-order chi connectivity index (χ1) is 14.1. The van der Waals surface area contributed by atoms with Gasteiger partial charge >= 0.3 is 0 Å². The van der Waals surface area contributed by atoms with Crippen LogP contribution in [0.15, 0.2) is 36.5 Å². The highest BCUT2D eigenvalue weighted by atomic mass is 16.2. The van der Waals surface area contributed by atoms with E-state index in [-0.39, 0.29) is 17.7 Å². The highest BCUT2D eigenvalue weighted by Crippen LogP contribution is 2.18. The molecule has 8 nitrogen and oxygen atoms in total. The Labute approximate surface area is 178 Å². The van der Waals surface area contributed by atoms with Crippen molar-refractivity contribution in [2.24, 2.45) is 11.7 Å². The Hall–Kier alpha value is -2.90. The van der Waals surface area contributed by atoms with Crippen LogP contribution in [-0.4, -0.2) is 65.1 Å². The molecule has 0 radical (unpaired) electrons. The first-order valence-corrected chi connectivity index (χ1v) is 10.2. The number of hydrogen-bond donors (Lipinski definition) is 2. The zero-order valence-electron chi connectivity index (χ0n) is 18.5. The van der Waals surface area contributed by atoms with Gasteiger partial charge in [-0.2, -0.15) is 0 Å². The Bertz CT molecular complexity index is 727. The minimum Gasteiger partial charge on any atom is -0.368 e. The molecule has 30 heavy (non-hydrogen) atoms. The van der Waals surface area contributed by atoms with Crippen molar-refractivity contribution < 1.29 is 19.2 Å². The number of carbonyl (C=O) groups excluding carboxylic acids is 4. The summed E-state index contributed by atoms with van der Waals surface area (Å²) in [5.74, 6) is -1.80. The number of amides is 4. The molecule has 0 aromatic heterocycles. The van der Waals surface area contributed by atoms with E-state index >= 15 is 0 Å². The number of carbonyl (C=O) groups is 4. The summed E-state index contributed by atoms with van der Waals surface area (Å²) in [5, 5.41) is 2.69. The predicted molar refractivity (Wildman–Crippen MR) is 116 cm³/mol.